The van der Waals surface area contributed by atoms with E-state index < -0.39 is 0 Å². The highest BCUT2D eigenvalue weighted by atomic mass is 14.9. The summed E-state index contributed by atoms with van der Waals surface area (Å²) in [5.41, 5.74) is 10.1. The van der Waals surface area contributed by atoms with E-state index in [1.54, 1.807) is 0 Å². The normalized spacial score (nSPS) is 11.0. The van der Waals surface area contributed by atoms with Crippen LogP contribution >= 0.6 is 0 Å². The fourth-order valence-electron chi connectivity index (χ4n) is 6.30. The fraction of sp³-hybridized carbons (Fsp3) is 0. The highest BCUT2D eigenvalue weighted by Crippen LogP contribution is 2.37. The van der Waals surface area contributed by atoms with Gasteiger partial charge in [0.15, 0.2) is 5.65 Å². The minimum atomic E-state index is 0.646. The molecule has 0 bridgehead atoms. The van der Waals surface area contributed by atoms with Crippen LogP contribution in [0.5, 0.6) is 0 Å². The molecule has 0 amide bonds. The van der Waals surface area contributed by atoms with Crippen molar-refractivity contribution in [1.29, 1.82) is 10.5 Å². The summed E-state index contributed by atoms with van der Waals surface area (Å²) < 4.78 is 0. The van der Waals surface area contributed by atoms with Crippen LogP contribution in [-0.4, -0.2) is 9.97 Å². The summed E-state index contributed by atoms with van der Waals surface area (Å²) in [7, 11) is 0. The number of hydrogen-bond donors (Lipinski definition) is 0. The van der Waals surface area contributed by atoms with Crippen molar-refractivity contribution in [2.45, 2.75) is 0 Å². The molecule has 0 spiro atoms. The van der Waals surface area contributed by atoms with E-state index in [4.69, 9.17) is 9.97 Å². The highest BCUT2D eigenvalue weighted by Gasteiger charge is 2.14. The molecule has 2 aromatic heterocycles. The monoisotopic (exact) mass is 584 g/mol. The van der Waals surface area contributed by atoms with Gasteiger partial charge < -0.3 is 0 Å². The summed E-state index contributed by atoms with van der Waals surface area (Å²) >= 11 is 0. The van der Waals surface area contributed by atoms with Crippen LogP contribution in [0.4, 0.5) is 0 Å². The first kappa shape index (κ1) is 27.0. The van der Waals surface area contributed by atoms with E-state index in [0.29, 0.717) is 16.8 Å². The minimum Gasteiger partial charge on any atom is -0.228 e. The van der Waals surface area contributed by atoms with Gasteiger partial charge in [-0.05, 0) is 92.3 Å². The van der Waals surface area contributed by atoms with Crippen LogP contribution in [0.2, 0.25) is 0 Å². The number of benzene rings is 6. The number of hydrogen-bond acceptors (Lipinski definition) is 4. The zero-order chi connectivity index (χ0) is 31.0. The molecule has 0 aliphatic rings. The van der Waals surface area contributed by atoms with Gasteiger partial charge in [-0.1, -0.05) is 97.1 Å². The van der Waals surface area contributed by atoms with Gasteiger partial charge in [0.05, 0.1) is 34.7 Å². The smallest absolute Gasteiger partial charge is 0.160 e. The van der Waals surface area contributed by atoms with Crippen LogP contribution in [0, 0.1) is 22.7 Å². The molecule has 46 heavy (non-hydrogen) atoms. The largest absolute Gasteiger partial charge is 0.228 e. The Labute approximate surface area is 266 Å². The van der Waals surface area contributed by atoms with Gasteiger partial charge in [-0.15, -0.1) is 0 Å². The van der Waals surface area contributed by atoms with Gasteiger partial charge >= 0.3 is 0 Å². The van der Waals surface area contributed by atoms with E-state index in [2.05, 4.69) is 109 Å². The molecule has 0 fully saturated rings. The molecule has 0 saturated carbocycles. The number of pyridine rings is 2. The SMILES string of the molecule is N#Cc1ccc(-c2ccc(-c3ccc4ccc(-c5ccc(-c6ccc(C#N)cc6)c6ccccc56)nc4n3)c3ccccc23)cc1. The van der Waals surface area contributed by atoms with Gasteiger partial charge in [-0.2, -0.15) is 10.5 Å². The highest BCUT2D eigenvalue weighted by molar-refractivity contribution is 6.06. The molecule has 0 atom stereocenters. The molecule has 4 nitrogen and oxygen atoms in total. The maximum absolute atomic E-state index is 9.24. The zero-order valence-electron chi connectivity index (χ0n) is 24.6. The molecule has 0 aliphatic carbocycles. The molecule has 0 radical (unpaired) electrons. The number of nitriles is 2. The molecule has 0 saturated heterocycles. The van der Waals surface area contributed by atoms with Gasteiger partial charge in [-0.25, -0.2) is 9.97 Å². The molecule has 0 N–H and O–H groups in total. The molecule has 8 rings (SSSR count). The van der Waals surface area contributed by atoms with Crippen LogP contribution in [0.1, 0.15) is 11.1 Å². The van der Waals surface area contributed by atoms with Crippen molar-refractivity contribution in [3.8, 4) is 56.9 Å². The Morgan fingerprint density at radius 3 is 1.13 bits per heavy atom. The van der Waals surface area contributed by atoms with Gasteiger partial charge in [0.1, 0.15) is 0 Å². The third-order valence-corrected chi connectivity index (χ3v) is 8.60. The Morgan fingerprint density at radius 1 is 0.370 bits per heavy atom. The predicted octanol–water partition coefficient (Wildman–Crippen LogP) is 10.3. The average molecular weight is 585 g/mol. The van der Waals surface area contributed by atoms with Gasteiger partial charge in [0, 0.05) is 16.5 Å². The topological polar surface area (TPSA) is 73.4 Å². The van der Waals surface area contributed by atoms with Crippen molar-refractivity contribution in [2.24, 2.45) is 0 Å². The second-order valence-electron chi connectivity index (χ2n) is 11.2. The van der Waals surface area contributed by atoms with E-state index in [1.165, 1.54) is 0 Å². The lowest BCUT2D eigenvalue weighted by molar-refractivity contribution is 1.29. The van der Waals surface area contributed by atoms with Crippen molar-refractivity contribution in [2.75, 3.05) is 0 Å². The fourth-order valence-corrected chi connectivity index (χ4v) is 6.30. The Bertz CT molecular complexity index is 2360. The predicted molar refractivity (Wildman–Crippen MR) is 186 cm³/mol. The van der Waals surface area contributed by atoms with Crippen molar-refractivity contribution >= 4 is 32.6 Å². The van der Waals surface area contributed by atoms with E-state index in [0.717, 1.165) is 71.7 Å². The third-order valence-electron chi connectivity index (χ3n) is 8.60. The van der Waals surface area contributed by atoms with Crippen LogP contribution in [0.25, 0.3) is 77.3 Å². The number of fused-ring (bicyclic) bond motifs is 3. The first-order chi connectivity index (χ1) is 22.7. The summed E-state index contributed by atoms with van der Waals surface area (Å²) in [5, 5.41) is 23.9. The van der Waals surface area contributed by atoms with E-state index in [-0.39, 0.29) is 0 Å². The molecule has 212 valence electrons. The summed E-state index contributed by atoms with van der Waals surface area (Å²) in [6.45, 7) is 0. The Morgan fingerprint density at radius 2 is 0.739 bits per heavy atom. The molecule has 8 aromatic rings. The lowest BCUT2D eigenvalue weighted by Gasteiger charge is -2.13. The second-order valence-corrected chi connectivity index (χ2v) is 11.2. The number of nitrogens with zero attached hydrogens (tertiary/aromatic N) is 4. The maximum Gasteiger partial charge on any atom is 0.160 e. The quantitative estimate of drug-likeness (QED) is 0.206. The van der Waals surface area contributed by atoms with Crippen molar-refractivity contribution in [1.82, 2.24) is 9.97 Å². The van der Waals surface area contributed by atoms with E-state index in [9.17, 15) is 10.5 Å². The molecule has 2 heterocycles. The molecule has 6 aromatic carbocycles. The third kappa shape index (κ3) is 4.63. The van der Waals surface area contributed by atoms with Crippen molar-refractivity contribution in [3.05, 3.63) is 157 Å². The molecule has 0 aliphatic heterocycles. The minimum absolute atomic E-state index is 0.646. The first-order valence-electron chi connectivity index (χ1n) is 15.0. The Balaban J connectivity index is 1.23. The standard InChI is InChI=1S/C42H24N4/c43-25-27-9-13-29(14-10-27)32-19-21-38(36-7-3-1-5-34(32)36)40-23-17-31-18-24-41(46-42(31)45-40)39-22-20-33(35-6-2-4-8-37(35)39)30-15-11-28(26-44)12-16-30/h1-24H. The van der Waals surface area contributed by atoms with Gasteiger partial charge in [0.2, 0.25) is 0 Å². The molecular formula is C42H24N4. The Kier molecular flexibility index (Phi) is 6.53. The van der Waals surface area contributed by atoms with Crippen LogP contribution < -0.4 is 0 Å². The Hall–Kier alpha value is -6.62. The van der Waals surface area contributed by atoms with Crippen LogP contribution in [0.3, 0.4) is 0 Å². The number of aromatic nitrogens is 2. The summed E-state index contributed by atoms with van der Waals surface area (Å²) in [5.74, 6) is 0. The van der Waals surface area contributed by atoms with Crippen molar-refractivity contribution in [3.63, 3.8) is 0 Å². The van der Waals surface area contributed by atoms with E-state index >= 15 is 0 Å². The summed E-state index contributed by atoms with van der Waals surface area (Å²) in [6.07, 6.45) is 0. The van der Waals surface area contributed by atoms with Gasteiger partial charge in [0.25, 0.3) is 0 Å². The average Bonchev–Trinajstić information content (AvgIpc) is 3.13. The van der Waals surface area contributed by atoms with Gasteiger partial charge in [-0.3, -0.25) is 0 Å². The number of rotatable bonds is 4. The zero-order valence-corrected chi connectivity index (χ0v) is 24.6. The lowest BCUT2D eigenvalue weighted by atomic mass is 9.93. The lowest BCUT2D eigenvalue weighted by Crippen LogP contribution is -1.93. The van der Waals surface area contributed by atoms with Crippen molar-refractivity contribution < 1.29 is 0 Å². The molecular weight excluding hydrogens is 560 g/mol. The van der Waals surface area contributed by atoms with E-state index in [1.807, 2.05) is 48.5 Å². The molecule has 0 unspecified atom stereocenters. The summed E-state index contributed by atoms with van der Waals surface area (Å²) in [6, 6.07) is 53.4. The van der Waals surface area contributed by atoms with Crippen LogP contribution in [0.15, 0.2) is 146 Å². The van der Waals surface area contributed by atoms with Crippen LogP contribution in [-0.2, 0) is 0 Å². The first-order valence-corrected chi connectivity index (χ1v) is 15.0. The summed E-state index contributed by atoms with van der Waals surface area (Å²) in [4.78, 5) is 10.2. The second kappa shape index (κ2) is 11.1. The molecule has 4 heteroatoms. The maximum atomic E-state index is 9.24.